The Kier molecular flexibility index (Phi) is 8.15. The van der Waals surface area contributed by atoms with E-state index < -0.39 is 0 Å². The number of nitrogens with zero attached hydrogens (tertiary/aromatic N) is 1. The van der Waals surface area contributed by atoms with E-state index in [1.165, 1.54) is 0 Å². The van der Waals surface area contributed by atoms with Gasteiger partial charge in [0.2, 0.25) is 5.91 Å². The van der Waals surface area contributed by atoms with Gasteiger partial charge in [-0.3, -0.25) is 9.69 Å². The third kappa shape index (κ3) is 6.76. The van der Waals surface area contributed by atoms with Crippen molar-refractivity contribution in [2.24, 2.45) is 5.73 Å². The molecule has 0 heterocycles. The smallest absolute Gasteiger partial charge is 0.231 e. The Hall–Kier alpha value is -0.650. The average molecular weight is 232 g/mol. The molecule has 0 aliphatic rings. The minimum Gasteiger partial charge on any atom is -0.369 e. The molecule has 0 aliphatic carbocycles. The van der Waals surface area contributed by atoms with Gasteiger partial charge >= 0.3 is 0 Å². The lowest BCUT2D eigenvalue weighted by atomic mass is 10.3. The van der Waals surface area contributed by atoms with Crippen LogP contribution in [-0.2, 0) is 14.3 Å². The summed E-state index contributed by atoms with van der Waals surface area (Å²) in [5.74, 6) is -0.333. The maximum absolute atomic E-state index is 10.9. The standard InChI is InChI=1S/C11H24N2O3/c1-5-15-11(16-6-2)8-13(9(3)4)7-10(12)14/h9,11H,5-8H2,1-4H3,(H2,12,14). The summed E-state index contributed by atoms with van der Waals surface area (Å²) in [6.45, 7) is 9.83. The average Bonchev–Trinajstić information content (AvgIpc) is 2.16. The molecule has 0 bridgehead atoms. The summed E-state index contributed by atoms with van der Waals surface area (Å²) in [7, 11) is 0. The third-order valence-corrected chi connectivity index (χ3v) is 2.18. The lowest BCUT2D eigenvalue weighted by Crippen LogP contribution is -2.44. The molecule has 5 nitrogen and oxygen atoms in total. The van der Waals surface area contributed by atoms with Crippen molar-refractivity contribution in [3.05, 3.63) is 0 Å². The van der Waals surface area contributed by atoms with Gasteiger partial charge in [-0.2, -0.15) is 0 Å². The van der Waals surface area contributed by atoms with E-state index >= 15 is 0 Å². The molecule has 0 unspecified atom stereocenters. The number of hydrogen-bond acceptors (Lipinski definition) is 4. The maximum atomic E-state index is 10.9. The molecule has 0 aliphatic heterocycles. The molecule has 0 fully saturated rings. The minimum absolute atomic E-state index is 0.230. The van der Waals surface area contributed by atoms with Crippen molar-refractivity contribution in [2.45, 2.75) is 40.0 Å². The van der Waals surface area contributed by atoms with Crippen LogP contribution in [-0.4, -0.2) is 49.4 Å². The zero-order chi connectivity index (χ0) is 12.6. The fourth-order valence-corrected chi connectivity index (χ4v) is 1.37. The number of nitrogens with two attached hydrogens (primary N) is 1. The highest BCUT2D eigenvalue weighted by Crippen LogP contribution is 2.04. The van der Waals surface area contributed by atoms with Crippen LogP contribution in [0.1, 0.15) is 27.7 Å². The first-order chi connectivity index (χ1) is 7.51. The number of ether oxygens (including phenoxy) is 2. The van der Waals surface area contributed by atoms with Gasteiger partial charge in [-0.15, -0.1) is 0 Å². The number of hydrogen-bond donors (Lipinski definition) is 1. The van der Waals surface area contributed by atoms with Crippen molar-refractivity contribution >= 4 is 5.91 Å². The van der Waals surface area contributed by atoms with Crippen molar-refractivity contribution in [1.82, 2.24) is 4.90 Å². The predicted octanol–water partition coefficient (Wildman–Crippen LogP) is 0.581. The van der Waals surface area contributed by atoms with Crippen molar-refractivity contribution in [2.75, 3.05) is 26.3 Å². The minimum atomic E-state index is -0.333. The molecule has 16 heavy (non-hydrogen) atoms. The first-order valence-electron chi connectivity index (χ1n) is 5.76. The van der Waals surface area contributed by atoms with E-state index in [2.05, 4.69) is 0 Å². The largest absolute Gasteiger partial charge is 0.369 e. The van der Waals surface area contributed by atoms with Crippen LogP contribution in [0.5, 0.6) is 0 Å². The van der Waals surface area contributed by atoms with Crippen LogP contribution in [0.2, 0.25) is 0 Å². The van der Waals surface area contributed by atoms with Crippen LogP contribution in [0.15, 0.2) is 0 Å². The number of carbonyl (C=O) groups excluding carboxylic acids is 1. The summed E-state index contributed by atoms with van der Waals surface area (Å²) in [6, 6.07) is 0.232. The Morgan fingerprint density at radius 2 is 1.75 bits per heavy atom. The second-order valence-electron chi connectivity index (χ2n) is 3.83. The molecule has 0 radical (unpaired) electrons. The van der Waals surface area contributed by atoms with E-state index in [4.69, 9.17) is 15.2 Å². The molecule has 0 rings (SSSR count). The highest BCUT2D eigenvalue weighted by molar-refractivity contribution is 5.75. The second kappa shape index (κ2) is 8.50. The number of carbonyl (C=O) groups is 1. The summed E-state index contributed by atoms with van der Waals surface area (Å²) < 4.78 is 10.9. The van der Waals surface area contributed by atoms with Crippen LogP contribution >= 0.6 is 0 Å². The summed E-state index contributed by atoms with van der Waals surface area (Å²) in [5, 5.41) is 0. The van der Waals surface area contributed by atoms with Crippen LogP contribution in [0.4, 0.5) is 0 Å². The van der Waals surface area contributed by atoms with Crippen molar-refractivity contribution < 1.29 is 14.3 Å². The first-order valence-corrected chi connectivity index (χ1v) is 5.76. The van der Waals surface area contributed by atoms with Gasteiger partial charge in [-0.05, 0) is 27.7 Å². The van der Waals surface area contributed by atoms with Crippen molar-refractivity contribution in [3.63, 3.8) is 0 Å². The molecule has 0 saturated carbocycles. The normalized spacial score (nSPS) is 11.7. The van der Waals surface area contributed by atoms with Gasteiger partial charge in [0.15, 0.2) is 6.29 Å². The van der Waals surface area contributed by atoms with Crippen molar-refractivity contribution in [3.8, 4) is 0 Å². The van der Waals surface area contributed by atoms with Crippen LogP contribution in [0.25, 0.3) is 0 Å². The van der Waals surface area contributed by atoms with Gasteiger partial charge in [-0.1, -0.05) is 0 Å². The van der Waals surface area contributed by atoms with Gasteiger partial charge in [0.1, 0.15) is 0 Å². The van der Waals surface area contributed by atoms with Gasteiger partial charge in [0.05, 0.1) is 13.1 Å². The topological polar surface area (TPSA) is 64.8 Å². The van der Waals surface area contributed by atoms with Crippen LogP contribution < -0.4 is 5.73 Å². The predicted molar refractivity (Wildman–Crippen MR) is 62.9 cm³/mol. The maximum Gasteiger partial charge on any atom is 0.231 e. The molecule has 0 saturated heterocycles. The molecule has 0 atom stereocenters. The monoisotopic (exact) mass is 232 g/mol. The highest BCUT2D eigenvalue weighted by Gasteiger charge is 2.18. The molecule has 5 heteroatoms. The van der Waals surface area contributed by atoms with E-state index in [-0.39, 0.29) is 24.8 Å². The molecule has 0 aromatic heterocycles. The molecule has 2 N–H and O–H groups in total. The van der Waals surface area contributed by atoms with Gasteiger partial charge < -0.3 is 15.2 Å². The molecule has 1 amide bonds. The van der Waals surface area contributed by atoms with E-state index in [9.17, 15) is 4.79 Å². The van der Waals surface area contributed by atoms with Crippen LogP contribution in [0.3, 0.4) is 0 Å². The fraction of sp³-hybridized carbons (Fsp3) is 0.909. The lowest BCUT2D eigenvalue weighted by molar-refractivity contribution is -0.151. The van der Waals surface area contributed by atoms with Gasteiger partial charge in [-0.25, -0.2) is 0 Å². The highest BCUT2D eigenvalue weighted by atomic mass is 16.7. The molecule has 0 spiro atoms. The zero-order valence-corrected chi connectivity index (χ0v) is 10.7. The zero-order valence-electron chi connectivity index (χ0n) is 10.7. The molecule has 96 valence electrons. The molecular formula is C11H24N2O3. The van der Waals surface area contributed by atoms with Crippen LogP contribution in [0, 0.1) is 0 Å². The summed E-state index contributed by atoms with van der Waals surface area (Å²) in [4.78, 5) is 12.9. The SMILES string of the molecule is CCOC(CN(CC(N)=O)C(C)C)OCC. The quantitative estimate of drug-likeness (QED) is 0.591. The number of rotatable bonds is 9. The summed E-state index contributed by atoms with van der Waals surface area (Å²) in [6.07, 6.45) is -0.295. The molecular weight excluding hydrogens is 208 g/mol. The summed E-state index contributed by atoms with van der Waals surface area (Å²) >= 11 is 0. The third-order valence-electron chi connectivity index (χ3n) is 2.18. The van der Waals surface area contributed by atoms with Gasteiger partial charge in [0.25, 0.3) is 0 Å². The van der Waals surface area contributed by atoms with Crippen molar-refractivity contribution in [1.29, 1.82) is 0 Å². The Balaban J connectivity index is 4.25. The van der Waals surface area contributed by atoms with E-state index in [0.717, 1.165) is 0 Å². The first kappa shape index (κ1) is 15.3. The van der Waals surface area contributed by atoms with E-state index in [0.29, 0.717) is 19.8 Å². The fourth-order valence-electron chi connectivity index (χ4n) is 1.37. The van der Waals surface area contributed by atoms with E-state index in [1.54, 1.807) is 0 Å². The Morgan fingerprint density at radius 1 is 1.25 bits per heavy atom. The number of primary amides is 1. The Labute approximate surface area is 97.9 Å². The number of amides is 1. The van der Waals surface area contributed by atoms with E-state index in [1.807, 2.05) is 32.6 Å². The lowest BCUT2D eigenvalue weighted by Gasteiger charge is -2.29. The summed E-state index contributed by atoms with van der Waals surface area (Å²) in [5.41, 5.74) is 5.19. The molecule has 0 aromatic carbocycles. The Morgan fingerprint density at radius 3 is 2.06 bits per heavy atom. The second-order valence-corrected chi connectivity index (χ2v) is 3.83. The Bertz CT molecular complexity index is 192. The van der Waals surface area contributed by atoms with Gasteiger partial charge in [0, 0.05) is 19.3 Å². The molecule has 0 aromatic rings.